The van der Waals surface area contributed by atoms with Gasteiger partial charge in [-0.25, -0.2) is 9.78 Å². The van der Waals surface area contributed by atoms with E-state index >= 15 is 0 Å². The van der Waals surface area contributed by atoms with E-state index in [1.807, 2.05) is 20.8 Å². The lowest BCUT2D eigenvalue weighted by molar-refractivity contribution is -0.384. The summed E-state index contributed by atoms with van der Waals surface area (Å²) in [5, 5.41) is 17.5. The van der Waals surface area contributed by atoms with E-state index in [2.05, 4.69) is 20.6 Å². The number of nitro groups is 1. The van der Waals surface area contributed by atoms with E-state index in [4.69, 9.17) is 10.5 Å². The zero-order valence-corrected chi connectivity index (χ0v) is 14.6. The lowest BCUT2D eigenvalue weighted by Gasteiger charge is -2.28. The highest BCUT2D eigenvalue weighted by Gasteiger charge is 2.26. The minimum absolute atomic E-state index is 0.00353. The first-order chi connectivity index (χ1) is 11.6. The average molecular weight is 352 g/mol. The Hall–Kier alpha value is -2.65. The average Bonchev–Trinajstić information content (AvgIpc) is 2.47. The van der Waals surface area contributed by atoms with Crippen LogP contribution in [0.25, 0.3) is 0 Å². The van der Waals surface area contributed by atoms with Gasteiger partial charge in [0.25, 0.3) is 0 Å². The number of ether oxygens (including phenoxy) is 1. The summed E-state index contributed by atoms with van der Waals surface area (Å²) < 4.78 is 4.99. The second-order valence-electron chi connectivity index (χ2n) is 7.11. The highest BCUT2D eigenvalue weighted by molar-refractivity contribution is 5.64. The van der Waals surface area contributed by atoms with Crippen molar-refractivity contribution >= 4 is 23.5 Å². The number of primary amides is 1. The van der Waals surface area contributed by atoms with Crippen LogP contribution < -0.4 is 16.4 Å². The molecule has 1 heterocycles. The van der Waals surface area contributed by atoms with Gasteiger partial charge in [0.05, 0.1) is 4.92 Å². The zero-order valence-electron chi connectivity index (χ0n) is 14.6. The van der Waals surface area contributed by atoms with Gasteiger partial charge in [-0.15, -0.1) is 0 Å². The molecule has 0 aromatic carbocycles. The summed E-state index contributed by atoms with van der Waals surface area (Å²) in [4.78, 5) is 29.8. The molecule has 4 N–H and O–H groups in total. The number of hydrogen-bond acceptors (Lipinski definition) is 8. The van der Waals surface area contributed by atoms with Gasteiger partial charge in [0.15, 0.2) is 0 Å². The maximum Gasteiger partial charge on any atom is 0.404 e. The molecule has 25 heavy (non-hydrogen) atoms. The SMILES string of the molecule is CC(C)(C)Nc1ncc([N+](=O)[O-])c(NC2CCC(OC(N)=O)CC2)n1. The largest absolute Gasteiger partial charge is 0.446 e. The van der Waals surface area contributed by atoms with Crippen LogP contribution in [0, 0.1) is 10.1 Å². The molecule has 0 saturated heterocycles. The molecule has 1 aromatic heterocycles. The Morgan fingerprint density at radius 2 is 2.00 bits per heavy atom. The van der Waals surface area contributed by atoms with E-state index in [-0.39, 0.29) is 29.2 Å². The van der Waals surface area contributed by atoms with Crippen LogP contribution in [-0.2, 0) is 4.74 Å². The molecule has 10 heteroatoms. The van der Waals surface area contributed by atoms with Gasteiger partial charge >= 0.3 is 11.8 Å². The first kappa shape index (κ1) is 18.7. The normalized spacial score (nSPS) is 20.6. The molecule has 1 fully saturated rings. The molecule has 0 radical (unpaired) electrons. The van der Waals surface area contributed by atoms with Crippen molar-refractivity contribution in [3.8, 4) is 0 Å². The van der Waals surface area contributed by atoms with Crippen molar-refractivity contribution < 1.29 is 14.5 Å². The molecule has 0 unspecified atom stereocenters. The molecule has 1 aromatic rings. The number of carbonyl (C=O) groups excluding carboxylic acids is 1. The number of anilines is 2. The maximum absolute atomic E-state index is 11.2. The summed E-state index contributed by atoms with van der Waals surface area (Å²) in [5.41, 5.74) is 4.59. The number of hydrogen-bond donors (Lipinski definition) is 3. The fourth-order valence-corrected chi connectivity index (χ4v) is 2.69. The first-order valence-corrected chi connectivity index (χ1v) is 8.16. The predicted octanol–water partition coefficient (Wildman–Crippen LogP) is 2.41. The third kappa shape index (κ3) is 5.73. The van der Waals surface area contributed by atoms with Gasteiger partial charge in [-0.3, -0.25) is 10.1 Å². The molecule has 2 rings (SSSR count). The van der Waals surface area contributed by atoms with Gasteiger partial charge in [-0.05, 0) is 46.5 Å². The Morgan fingerprint density at radius 1 is 1.36 bits per heavy atom. The smallest absolute Gasteiger partial charge is 0.404 e. The second-order valence-corrected chi connectivity index (χ2v) is 7.11. The van der Waals surface area contributed by atoms with Crippen molar-refractivity contribution in [2.24, 2.45) is 5.73 Å². The van der Waals surface area contributed by atoms with Crippen LogP contribution >= 0.6 is 0 Å². The minimum Gasteiger partial charge on any atom is -0.446 e. The summed E-state index contributed by atoms with van der Waals surface area (Å²) in [6.45, 7) is 5.85. The van der Waals surface area contributed by atoms with E-state index < -0.39 is 11.0 Å². The van der Waals surface area contributed by atoms with Gasteiger partial charge in [-0.1, -0.05) is 0 Å². The Labute approximate surface area is 145 Å². The number of amides is 1. The number of carbonyl (C=O) groups is 1. The van der Waals surface area contributed by atoms with E-state index in [9.17, 15) is 14.9 Å². The van der Waals surface area contributed by atoms with Crippen LogP contribution in [-0.4, -0.2) is 38.7 Å². The molecule has 138 valence electrons. The number of rotatable bonds is 5. The fourth-order valence-electron chi connectivity index (χ4n) is 2.69. The van der Waals surface area contributed by atoms with Crippen molar-refractivity contribution in [2.75, 3.05) is 10.6 Å². The minimum atomic E-state index is -0.777. The van der Waals surface area contributed by atoms with Crippen LogP contribution in [0.2, 0.25) is 0 Å². The molecule has 0 atom stereocenters. The van der Waals surface area contributed by atoms with Gasteiger partial charge < -0.3 is 21.1 Å². The molecule has 0 spiro atoms. The highest BCUT2D eigenvalue weighted by Crippen LogP contribution is 2.28. The van der Waals surface area contributed by atoms with Crippen molar-refractivity contribution in [1.82, 2.24) is 9.97 Å². The lowest BCUT2D eigenvalue weighted by atomic mass is 9.93. The van der Waals surface area contributed by atoms with Crippen LogP contribution in [0.15, 0.2) is 6.20 Å². The molecule has 1 saturated carbocycles. The number of nitrogens with two attached hydrogens (primary N) is 1. The number of nitrogens with zero attached hydrogens (tertiary/aromatic N) is 3. The molecule has 1 aliphatic carbocycles. The highest BCUT2D eigenvalue weighted by atomic mass is 16.6. The van der Waals surface area contributed by atoms with Crippen LogP contribution in [0.1, 0.15) is 46.5 Å². The van der Waals surface area contributed by atoms with Crippen LogP contribution in [0.5, 0.6) is 0 Å². The number of nitrogens with one attached hydrogen (secondary N) is 2. The zero-order chi connectivity index (χ0) is 18.6. The fraction of sp³-hybridized carbons (Fsp3) is 0.667. The van der Waals surface area contributed by atoms with E-state index in [1.54, 1.807) is 0 Å². The lowest BCUT2D eigenvalue weighted by Crippen LogP contribution is -2.33. The molecular formula is C15H24N6O4. The monoisotopic (exact) mass is 352 g/mol. The Kier molecular flexibility index (Phi) is 5.60. The predicted molar refractivity (Wildman–Crippen MR) is 92.4 cm³/mol. The molecular weight excluding hydrogens is 328 g/mol. The molecule has 1 amide bonds. The summed E-state index contributed by atoms with van der Waals surface area (Å²) in [5.74, 6) is 0.511. The second kappa shape index (κ2) is 7.49. The summed E-state index contributed by atoms with van der Waals surface area (Å²) in [7, 11) is 0. The van der Waals surface area contributed by atoms with E-state index in [0.717, 1.165) is 0 Å². The van der Waals surface area contributed by atoms with Crippen molar-refractivity contribution in [3.05, 3.63) is 16.3 Å². The maximum atomic E-state index is 11.2. The van der Waals surface area contributed by atoms with E-state index in [1.165, 1.54) is 6.20 Å². The van der Waals surface area contributed by atoms with Gasteiger partial charge in [0.1, 0.15) is 12.3 Å². The molecule has 1 aliphatic rings. The van der Waals surface area contributed by atoms with Crippen LogP contribution in [0.3, 0.4) is 0 Å². The Bertz CT molecular complexity index is 637. The summed E-state index contributed by atoms with van der Waals surface area (Å²) in [6, 6.07) is 0.00353. The number of aromatic nitrogens is 2. The third-order valence-corrected chi connectivity index (χ3v) is 3.75. The quantitative estimate of drug-likeness (QED) is 0.541. The summed E-state index contributed by atoms with van der Waals surface area (Å²) in [6.07, 6.45) is 2.90. The van der Waals surface area contributed by atoms with Crippen molar-refractivity contribution in [3.63, 3.8) is 0 Å². The molecule has 0 aliphatic heterocycles. The van der Waals surface area contributed by atoms with E-state index in [0.29, 0.717) is 31.6 Å². The van der Waals surface area contributed by atoms with Crippen molar-refractivity contribution in [1.29, 1.82) is 0 Å². The van der Waals surface area contributed by atoms with Gasteiger partial charge in [-0.2, -0.15) is 4.98 Å². The van der Waals surface area contributed by atoms with Gasteiger partial charge in [0.2, 0.25) is 11.8 Å². The third-order valence-electron chi connectivity index (χ3n) is 3.75. The molecule has 0 bridgehead atoms. The summed E-state index contributed by atoms with van der Waals surface area (Å²) >= 11 is 0. The molecule has 10 nitrogen and oxygen atoms in total. The van der Waals surface area contributed by atoms with Crippen LogP contribution in [0.4, 0.5) is 22.2 Å². The van der Waals surface area contributed by atoms with Crippen molar-refractivity contribution in [2.45, 2.75) is 64.1 Å². The standard InChI is InChI=1S/C15H24N6O4/c1-15(2,3)20-14-17-8-11(21(23)24)12(19-14)18-9-4-6-10(7-5-9)25-13(16)22/h8-10H,4-7H2,1-3H3,(H2,16,22)(H2,17,18,19,20). The Morgan fingerprint density at radius 3 is 2.52 bits per heavy atom. The van der Waals surface area contributed by atoms with Gasteiger partial charge in [0, 0.05) is 11.6 Å². The first-order valence-electron chi connectivity index (χ1n) is 8.16. The Balaban J connectivity index is 2.08. The topological polar surface area (TPSA) is 145 Å².